The van der Waals surface area contributed by atoms with Gasteiger partial charge in [-0.1, -0.05) is 76.6 Å². The minimum atomic E-state index is -1.12. The highest BCUT2D eigenvalue weighted by atomic mass is 79.9. The summed E-state index contributed by atoms with van der Waals surface area (Å²) in [5.41, 5.74) is 4.08. The van der Waals surface area contributed by atoms with E-state index in [9.17, 15) is 4.79 Å². The van der Waals surface area contributed by atoms with Crippen LogP contribution in [0.15, 0.2) is 93.3 Å². The molecule has 3 aromatic carbocycles. The Kier molecular flexibility index (Phi) is 4.62. The lowest BCUT2D eigenvalue weighted by Crippen LogP contribution is -2.58. The highest BCUT2D eigenvalue weighted by Crippen LogP contribution is 2.53. The van der Waals surface area contributed by atoms with E-state index in [2.05, 4.69) is 39.4 Å². The fraction of sp³-hybridized carbons (Fsp3) is 0.120. The van der Waals surface area contributed by atoms with Gasteiger partial charge >= 0.3 is 5.18 Å². The van der Waals surface area contributed by atoms with Crippen molar-refractivity contribution in [1.82, 2.24) is 10.3 Å². The minimum absolute atomic E-state index is 0.0202. The first kappa shape index (κ1) is 19.6. The highest BCUT2D eigenvalue weighted by molar-refractivity contribution is 9.10. The lowest BCUT2D eigenvalue weighted by molar-refractivity contribution is -0.127. The maximum Gasteiger partial charge on any atom is 0.336 e. The van der Waals surface area contributed by atoms with Gasteiger partial charge in [-0.15, -0.1) is 0 Å². The van der Waals surface area contributed by atoms with Crippen LogP contribution in [0.4, 0.5) is 0 Å². The van der Waals surface area contributed by atoms with Gasteiger partial charge in [-0.05, 0) is 47.2 Å². The van der Waals surface area contributed by atoms with E-state index in [1.165, 1.54) is 11.8 Å². The SMILES string of the molecule is O=C1N[C@@]2(Oc3ccccc3[C@H]3CC(c4ccccc4)=NN32)S/C1=C\c1cccc(Br)c1. The summed E-state index contributed by atoms with van der Waals surface area (Å²) in [6.07, 6.45) is 2.63. The molecule has 0 bridgehead atoms. The molecule has 3 aliphatic heterocycles. The first-order valence-electron chi connectivity index (χ1n) is 10.3. The van der Waals surface area contributed by atoms with Crippen LogP contribution in [0, 0.1) is 0 Å². The van der Waals surface area contributed by atoms with E-state index in [0.29, 0.717) is 4.91 Å². The standard InChI is InChI=1S/C25H18BrN3O2S/c26-18-10-6-7-16(13-18)14-23-24(30)27-25(32-23)29-21(19-11-4-5-12-22(19)31-25)15-20(28-29)17-8-2-1-3-9-17/h1-14,21H,15H2,(H,27,30)/b23-14-/t21-,25-/m1/s1. The predicted molar refractivity (Wildman–Crippen MR) is 130 cm³/mol. The van der Waals surface area contributed by atoms with E-state index in [1.54, 1.807) is 0 Å². The third-order valence-electron chi connectivity index (χ3n) is 5.74. The van der Waals surface area contributed by atoms with E-state index in [0.717, 1.165) is 39.0 Å². The molecule has 1 saturated heterocycles. The number of nitrogens with one attached hydrogen (secondary N) is 1. The molecule has 3 aromatic rings. The topological polar surface area (TPSA) is 53.9 Å². The first-order chi connectivity index (χ1) is 15.6. The van der Waals surface area contributed by atoms with E-state index in [4.69, 9.17) is 9.84 Å². The number of halogens is 1. The van der Waals surface area contributed by atoms with Crippen molar-refractivity contribution >= 4 is 45.4 Å². The first-order valence-corrected chi connectivity index (χ1v) is 11.9. The summed E-state index contributed by atoms with van der Waals surface area (Å²) >= 11 is 4.85. The van der Waals surface area contributed by atoms with Crippen LogP contribution in [0.1, 0.15) is 29.2 Å². The Hall–Kier alpha value is -3.03. The second-order valence-corrected chi connectivity index (χ2v) is 9.93. The van der Waals surface area contributed by atoms with Crippen LogP contribution in [0.2, 0.25) is 0 Å². The average Bonchev–Trinajstić information content (AvgIpc) is 3.38. The molecule has 3 aliphatic rings. The number of hydrogen-bond donors (Lipinski definition) is 1. The second kappa shape index (κ2) is 7.53. The number of rotatable bonds is 2. The molecule has 5 nitrogen and oxygen atoms in total. The Labute approximate surface area is 198 Å². The van der Waals surface area contributed by atoms with Crippen molar-refractivity contribution in [3.63, 3.8) is 0 Å². The van der Waals surface area contributed by atoms with Crippen molar-refractivity contribution in [3.8, 4) is 5.75 Å². The monoisotopic (exact) mass is 503 g/mol. The van der Waals surface area contributed by atoms with Gasteiger partial charge in [-0.25, -0.2) is 5.01 Å². The van der Waals surface area contributed by atoms with Crippen molar-refractivity contribution in [1.29, 1.82) is 0 Å². The number of fused-ring (bicyclic) bond motifs is 4. The molecule has 158 valence electrons. The Morgan fingerprint density at radius 1 is 1.09 bits per heavy atom. The summed E-state index contributed by atoms with van der Waals surface area (Å²) in [4.78, 5) is 13.6. The van der Waals surface area contributed by atoms with Gasteiger partial charge < -0.3 is 4.74 Å². The van der Waals surface area contributed by atoms with Crippen LogP contribution in [0.3, 0.4) is 0 Å². The molecule has 32 heavy (non-hydrogen) atoms. The summed E-state index contributed by atoms with van der Waals surface area (Å²) in [7, 11) is 0. The van der Waals surface area contributed by atoms with Gasteiger partial charge in [0.1, 0.15) is 5.75 Å². The van der Waals surface area contributed by atoms with Crippen molar-refractivity contribution in [2.75, 3.05) is 0 Å². The van der Waals surface area contributed by atoms with Crippen LogP contribution in [0.5, 0.6) is 5.75 Å². The number of benzene rings is 3. The zero-order chi connectivity index (χ0) is 21.7. The van der Waals surface area contributed by atoms with E-state index in [-0.39, 0.29) is 11.9 Å². The largest absolute Gasteiger partial charge is 0.439 e. The molecule has 6 rings (SSSR count). The molecule has 1 amide bonds. The summed E-state index contributed by atoms with van der Waals surface area (Å²) < 4.78 is 7.40. The van der Waals surface area contributed by atoms with Crippen molar-refractivity contribution in [2.45, 2.75) is 17.6 Å². The zero-order valence-corrected chi connectivity index (χ0v) is 19.3. The molecule has 3 heterocycles. The summed E-state index contributed by atoms with van der Waals surface area (Å²) in [5.74, 6) is 0.603. The summed E-state index contributed by atoms with van der Waals surface area (Å²) in [5, 5.41) is 8.84. The number of amides is 1. The van der Waals surface area contributed by atoms with Gasteiger partial charge in [0.25, 0.3) is 5.91 Å². The summed E-state index contributed by atoms with van der Waals surface area (Å²) in [6.45, 7) is 0. The van der Waals surface area contributed by atoms with Crippen molar-refractivity contribution in [2.24, 2.45) is 5.10 Å². The fourth-order valence-electron chi connectivity index (χ4n) is 4.29. The van der Waals surface area contributed by atoms with Crippen molar-refractivity contribution < 1.29 is 9.53 Å². The van der Waals surface area contributed by atoms with Gasteiger partial charge in [0, 0.05) is 16.5 Å². The number of carbonyl (C=O) groups excluding carboxylic acids is 1. The number of ether oxygens (including phenoxy) is 1. The lowest BCUT2D eigenvalue weighted by atomic mass is 9.97. The molecule has 0 unspecified atom stereocenters. The Balaban J connectivity index is 1.43. The number of carbonyl (C=O) groups is 1. The molecule has 0 aromatic heterocycles. The molecule has 1 N–H and O–H groups in total. The maximum absolute atomic E-state index is 13.0. The second-order valence-electron chi connectivity index (χ2n) is 7.82. The molecule has 0 radical (unpaired) electrons. The zero-order valence-electron chi connectivity index (χ0n) is 16.9. The quantitative estimate of drug-likeness (QED) is 0.468. The lowest BCUT2D eigenvalue weighted by Gasteiger charge is -2.43. The van der Waals surface area contributed by atoms with Crippen LogP contribution in [-0.4, -0.2) is 21.8 Å². The van der Waals surface area contributed by atoms with E-state index >= 15 is 0 Å². The molecule has 0 saturated carbocycles. The van der Waals surface area contributed by atoms with Crippen LogP contribution in [0.25, 0.3) is 6.08 Å². The number of hydrazone groups is 1. The van der Waals surface area contributed by atoms with Crippen molar-refractivity contribution in [3.05, 3.63) is 105 Å². The third kappa shape index (κ3) is 3.24. The van der Waals surface area contributed by atoms with Gasteiger partial charge in [0.15, 0.2) is 0 Å². The van der Waals surface area contributed by atoms with Gasteiger partial charge in [-0.3, -0.25) is 10.1 Å². The highest BCUT2D eigenvalue weighted by Gasteiger charge is 2.57. The fourth-order valence-corrected chi connectivity index (χ4v) is 5.88. The van der Waals surface area contributed by atoms with Crippen LogP contribution in [-0.2, 0) is 4.79 Å². The smallest absolute Gasteiger partial charge is 0.336 e. The molecular weight excluding hydrogens is 486 g/mol. The number of para-hydroxylation sites is 1. The predicted octanol–water partition coefficient (Wildman–Crippen LogP) is 5.51. The Morgan fingerprint density at radius 3 is 2.75 bits per heavy atom. The molecule has 1 fully saturated rings. The van der Waals surface area contributed by atoms with Crippen LogP contribution >= 0.6 is 27.7 Å². The number of thioether (sulfide) groups is 1. The van der Waals surface area contributed by atoms with Gasteiger partial charge in [-0.2, -0.15) is 5.10 Å². The number of nitrogens with zero attached hydrogens (tertiary/aromatic N) is 2. The average molecular weight is 504 g/mol. The normalized spacial score (nSPS) is 24.7. The molecule has 0 aliphatic carbocycles. The molecular formula is C25H18BrN3O2S. The Bertz CT molecular complexity index is 1290. The Morgan fingerprint density at radius 2 is 1.91 bits per heavy atom. The molecule has 7 heteroatoms. The molecule has 1 spiro atoms. The number of hydrogen-bond acceptors (Lipinski definition) is 5. The molecule has 2 atom stereocenters. The van der Waals surface area contributed by atoms with E-state index < -0.39 is 5.18 Å². The van der Waals surface area contributed by atoms with Gasteiger partial charge in [0.2, 0.25) is 0 Å². The third-order valence-corrected chi connectivity index (χ3v) is 7.40. The maximum atomic E-state index is 13.0. The van der Waals surface area contributed by atoms with Crippen LogP contribution < -0.4 is 10.1 Å². The van der Waals surface area contributed by atoms with Gasteiger partial charge in [0.05, 0.1) is 16.7 Å². The minimum Gasteiger partial charge on any atom is -0.439 e. The summed E-state index contributed by atoms with van der Waals surface area (Å²) in [6, 6.07) is 26.0. The van der Waals surface area contributed by atoms with E-state index in [1.807, 2.05) is 71.7 Å².